The van der Waals surface area contributed by atoms with E-state index in [1.54, 1.807) is 20.3 Å². The molecule has 0 saturated carbocycles. The average Bonchev–Trinajstić information content (AvgIpc) is 2.81. The lowest BCUT2D eigenvalue weighted by molar-refractivity contribution is -0.140. The number of nitrogens with one attached hydrogen (secondary N) is 1. The van der Waals surface area contributed by atoms with Gasteiger partial charge in [0.15, 0.2) is 0 Å². The third-order valence-electron chi connectivity index (χ3n) is 3.11. The molecule has 0 bridgehead atoms. The quantitative estimate of drug-likeness (QED) is 0.882. The molecular formula is C13H14F4N4. The van der Waals surface area contributed by atoms with Crippen LogP contribution in [0.4, 0.5) is 17.6 Å². The van der Waals surface area contributed by atoms with Crippen LogP contribution in [0.3, 0.4) is 0 Å². The number of aromatic nitrogens is 3. The summed E-state index contributed by atoms with van der Waals surface area (Å²) in [4.78, 5) is 0. The van der Waals surface area contributed by atoms with Gasteiger partial charge in [0, 0.05) is 25.7 Å². The summed E-state index contributed by atoms with van der Waals surface area (Å²) in [6, 6.07) is 2.58. The zero-order valence-electron chi connectivity index (χ0n) is 11.4. The van der Waals surface area contributed by atoms with Gasteiger partial charge in [0.05, 0.1) is 11.3 Å². The Morgan fingerprint density at radius 2 is 2.05 bits per heavy atom. The van der Waals surface area contributed by atoms with E-state index >= 15 is 0 Å². The molecule has 1 aromatic carbocycles. The number of rotatable bonds is 4. The maximum Gasteiger partial charge on any atom is 0.419 e. The van der Waals surface area contributed by atoms with Crippen LogP contribution in [-0.2, 0) is 19.6 Å². The summed E-state index contributed by atoms with van der Waals surface area (Å²) in [7, 11) is 3.32. The van der Waals surface area contributed by atoms with Crippen molar-refractivity contribution in [2.24, 2.45) is 7.05 Å². The monoisotopic (exact) mass is 302 g/mol. The molecule has 0 aliphatic carbocycles. The maximum absolute atomic E-state index is 13.3. The van der Waals surface area contributed by atoms with Crippen LogP contribution < -0.4 is 5.32 Å². The molecule has 2 aromatic rings. The van der Waals surface area contributed by atoms with E-state index in [0.717, 1.165) is 12.1 Å². The second-order valence-electron chi connectivity index (χ2n) is 4.67. The fourth-order valence-corrected chi connectivity index (χ4v) is 2.06. The molecule has 0 radical (unpaired) electrons. The molecule has 114 valence electrons. The molecular weight excluding hydrogens is 288 g/mol. The first kappa shape index (κ1) is 15.4. The first-order chi connectivity index (χ1) is 9.81. The fraction of sp³-hybridized carbons (Fsp3) is 0.385. The van der Waals surface area contributed by atoms with Crippen LogP contribution >= 0.6 is 0 Å². The van der Waals surface area contributed by atoms with Gasteiger partial charge >= 0.3 is 6.18 Å². The van der Waals surface area contributed by atoms with Gasteiger partial charge in [-0.3, -0.25) is 4.68 Å². The van der Waals surface area contributed by atoms with Crippen molar-refractivity contribution in [3.05, 3.63) is 47.0 Å². The number of nitrogens with zero attached hydrogens (tertiary/aromatic N) is 3. The SMILES string of the molecule is CNC(Cc1cn(C)nn1)c1ccc(F)c(C(F)(F)F)c1. The predicted molar refractivity (Wildman–Crippen MR) is 67.9 cm³/mol. The number of hydrogen-bond acceptors (Lipinski definition) is 3. The molecule has 0 aliphatic heterocycles. The van der Waals surface area contributed by atoms with E-state index in [4.69, 9.17) is 0 Å². The summed E-state index contributed by atoms with van der Waals surface area (Å²) < 4.78 is 53.0. The van der Waals surface area contributed by atoms with Crippen molar-refractivity contribution in [1.29, 1.82) is 0 Å². The van der Waals surface area contributed by atoms with Gasteiger partial charge in [-0.1, -0.05) is 11.3 Å². The van der Waals surface area contributed by atoms with Crippen molar-refractivity contribution >= 4 is 0 Å². The molecule has 0 spiro atoms. The zero-order chi connectivity index (χ0) is 15.6. The summed E-state index contributed by atoms with van der Waals surface area (Å²) >= 11 is 0. The lowest BCUT2D eigenvalue weighted by Crippen LogP contribution is -2.20. The number of alkyl halides is 3. The van der Waals surface area contributed by atoms with Gasteiger partial charge in [-0.2, -0.15) is 13.2 Å². The molecule has 0 saturated heterocycles. The predicted octanol–water partition coefficient (Wildman–Crippen LogP) is 2.48. The molecule has 1 atom stereocenters. The van der Waals surface area contributed by atoms with E-state index in [-0.39, 0.29) is 0 Å². The van der Waals surface area contributed by atoms with Crippen molar-refractivity contribution in [1.82, 2.24) is 20.3 Å². The molecule has 1 N–H and O–H groups in total. The minimum Gasteiger partial charge on any atom is -0.313 e. The first-order valence-electron chi connectivity index (χ1n) is 6.20. The van der Waals surface area contributed by atoms with Crippen LogP contribution in [0.2, 0.25) is 0 Å². The minimum atomic E-state index is -4.72. The highest BCUT2D eigenvalue weighted by Gasteiger charge is 2.34. The second-order valence-corrected chi connectivity index (χ2v) is 4.67. The first-order valence-corrected chi connectivity index (χ1v) is 6.20. The average molecular weight is 302 g/mol. The summed E-state index contributed by atoms with van der Waals surface area (Å²) in [6.07, 6.45) is -2.68. The van der Waals surface area contributed by atoms with E-state index in [9.17, 15) is 17.6 Å². The maximum atomic E-state index is 13.3. The highest BCUT2D eigenvalue weighted by molar-refractivity contribution is 5.30. The molecule has 0 aliphatic rings. The Balaban J connectivity index is 2.30. The van der Waals surface area contributed by atoms with Crippen molar-refractivity contribution in [3.8, 4) is 0 Å². The van der Waals surface area contributed by atoms with Crippen LogP contribution in [0.1, 0.15) is 22.9 Å². The van der Waals surface area contributed by atoms with Crippen molar-refractivity contribution in [3.63, 3.8) is 0 Å². The Labute approximate surface area is 118 Å². The molecule has 0 fully saturated rings. The summed E-state index contributed by atoms with van der Waals surface area (Å²) in [5.41, 5.74) is -0.286. The second kappa shape index (κ2) is 5.80. The van der Waals surface area contributed by atoms with E-state index < -0.39 is 23.6 Å². The van der Waals surface area contributed by atoms with Crippen LogP contribution in [0, 0.1) is 5.82 Å². The zero-order valence-corrected chi connectivity index (χ0v) is 11.4. The molecule has 0 amide bonds. The third-order valence-corrected chi connectivity index (χ3v) is 3.11. The standard InChI is InChI=1S/C13H14F4N4/c1-18-12(6-9-7-21(2)20-19-9)8-3-4-11(14)10(5-8)13(15,16)17/h3-5,7,12,18H,6H2,1-2H3. The van der Waals surface area contributed by atoms with Crippen LogP contribution in [0.15, 0.2) is 24.4 Å². The highest BCUT2D eigenvalue weighted by Crippen LogP contribution is 2.33. The van der Waals surface area contributed by atoms with Gasteiger partial charge in [0.2, 0.25) is 0 Å². The third kappa shape index (κ3) is 3.57. The molecule has 2 rings (SSSR count). The molecule has 8 heteroatoms. The summed E-state index contributed by atoms with van der Waals surface area (Å²) in [6.45, 7) is 0. The van der Waals surface area contributed by atoms with Gasteiger partial charge in [0.25, 0.3) is 0 Å². The Morgan fingerprint density at radius 3 is 2.57 bits per heavy atom. The van der Waals surface area contributed by atoms with Crippen molar-refractivity contribution in [2.75, 3.05) is 7.05 Å². The Hall–Kier alpha value is -1.96. The van der Waals surface area contributed by atoms with Crippen molar-refractivity contribution in [2.45, 2.75) is 18.6 Å². The smallest absolute Gasteiger partial charge is 0.313 e. The molecule has 1 heterocycles. The van der Waals surface area contributed by atoms with Gasteiger partial charge < -0.3 is 5.32 Å². The number of halogens is 4. The Kier molecular flexibility index (Phi) is 4.26. The number of aryl methyl sites for hydroxylation is 1. The normalized spacial score (nSPS) is 13.4. The van der Waals surface area contributed by atoms with E-state index in [1.165, 1.54) is 10.7 Å². The summed E-state index contributed by atoms with van der Waals surface area (Å²) in [5, 5.41) is 10.6. The van der Waals surface area contributed by atoms with Crippen molar-refractivity contribution < 1.29 is 17.6 Å². The summed E-state index contributed by atoms with van der Waals surface area (Å²) in [5.74, 6) is -1.28. The number of hydrogen-bond donors (Lipinski definition) is 1. The van der Waals surface area contributed by atoms with E-state index in [0.29, 0.717) is 17.7 Å². The van der Waals surface area contributed by atoms with Crippen LogP contribution in [0.5, 0.6) is 0 Å². The lowest BCUT2D eigenvalue weighted by atomic mass is 9.99. The van der Waals surface area contributed by atoms with Crippen LogP contribution in [-0.4, -0.2) is 22.0 Å². The number of likely N-dealkylation sites (N-methyl/N-ethyl adjacent to an activating group) is 1. The van der Waals surface area contributed by atoms with Gasteiger partial charge in [0.1, 0.15) is 5.82 Å². The van der Waals surface area contributed by atoms with Gasteiger partial charge in [-0.25, -0.2) is 4.39 Å². The van der Waals surface area contributed by atoms with Crippen LogP contribution in [0.25, 0.3) is 0 Å². The highest BCUT2D eigenvalue weighted by atomic mass is 19.4. The van der Waals surface area contributed by atoms with E-state index in [1.807, 2.05) is 0 Å². The Bertz CT molecular complexity index is 621. The minimum absolute atomic E-state index is 0.344. The Morgan fingerprint density at radius 1 is 1.33 bits per heavy atom. The van der Waals surface area contributed by atoms with Gasteiger partial charge in [-0.05, 0) is 24.7 Å². The largest absolute Gasteiger partial charge is 0.419 e. The topological polar surface area (TPSA) is 42.7 Å². The molecule has 4 nitrogen and oxygen atoms in total. The fourth-order valence-electron chi connectivity index (χ4n) is 2.06. The molecule has 21 heavy (non-hydrogen) atoms. The lowest BCUT2D eigenvalue weighted by Gasteiger charge is -2.17. The number of benzene rings is 1. The van der Waals surface area contributed by atoms with Gasteiger partial charge in [-0.15, -0.1) is 5.10 Å². The molecule has 1 aromatic heterocycles. The molecule has 1 unspecified atom stereocenters. The van der Waals surface area contributed by atoms with E-state index in [2.05, 4.69) is 15.6 Å².